The molecule has 1 aliphatic heterocycles. The van der Waals surface area contributed by atoms with Crippen LogP contribution in [-0.4, -0.2) is 57.7 Å². The molecule has 1 aliphatic rings. The van der Waals surface area contributed by atoms with Crippen LogP contribution in [0.3, 0.4) is 0 Å². The number of ether oxygens (including phenoxy) is 1. The summed E-state index contributed by atoms with van der Waals surface area (Å²) in [6.07, 6.45) is 1.19. The number of hydrogen-bond acceptors (Lipinski definition) is 5. The van der Waals surface area contributed by atoms with Crippen LogP contribution in [-0.2, 0) is 19.6 Å². The van der Waals surface area contributed by atoms with Crippen molar-refractivity contribution in [1.29, 1.82) is 0 Å². The fourth-order valence-electron chi connectivity index (χ4n) is 2.93. The maximum absolute atomic E-state index is 12.6. The number of carbonyl (C=O) groups excluding carboxylic acids is 2. The predicted octanol–water partition coefficient (Wildman–Crippen LogP) is 1.89. The van der Waals surface area contributed by atoms with Crippen molar-refractivity contribution in [3.8, 4) is 0 Å². The Balaban J connectivity index is 2.00. The number of likely N-dealkylation sites (tertiary alicyclic amines) is 1. The average Bonchev–Trinajstić information content (AvgIpc) is 2.67. The monoisotopic (exact) mass is 382 g/mol. The molecule has 0 atom stereocenters. The molecule has 2 rings (SSSR count). The highest BCUT2D eigenvalue weighted by molar-refractivity contribution is 7.92. The first-order valence-electron chi connectivity index (χ1n) is 8.82. The van der Waals surface area contributed by atoms with Gasteiger partial charge in [0.2, 0.25) is 10.0 Å². The van der Waals surface area contributed by atoms with Crippen molar-refractivity contribution in [3.63, 3.8) is 0 Å². The molecule has 1 aromatic rings. The smallest absolute Gasteiger partial charge is 0.309 e. The lowest BCUT2D eigenvalue weighted by atomic mass is 9.96. The van der Waals surface area contributed by atoms with Crippen molar-refractivity contribution < 1.29 is 22.7 Å². The van der Waals surface area contributed by atoms with Crippen LogP contribution >= 0.6 is 0 Å². The molecule has 1 heterocycles. The van der Waals surface area contributed by atoms with Crippen LogP contribution in [0.1, 0.15) is 37.0 Å². The van der Waals surface area contributed by atoms with E-state index in [9.17, 15) is 18.0 Å². The maximum Gasteiger partial charge on any atom is 0.309 e. The Morgan fingerprint density at radius 1 is 1.15 bits per heavy atom. The molecule has 26 heavy (non-hydrogen) atoms. The molecule has 1 fully saturated rings. The second-order valence-corrected chi connectivity index (χ2v) is 8.52. The molecule has 0 N–H and O–H groups in total. The van der Waals surface area contributed by atoms with Crippen molar-refractivity contribution in [2.45, 2.75) is 26.7 Å². The highest BCUT2D eigenvalue weighted by Gasteiger charge is 2.28. The molecule has 0 aromatic heterocycles. The first-order valence-corrected chi connectivity index (χ1v) is 10.4. The second kappa shape index (κ2) is 8.53. The SMILES string of the molecule is CCOC(=O)C1CCN(C(=O)c2ccc(N(C)S(=O)(=O)CC)cc2)CC1. The van der Waals surface area contributed by atoms with Gasteiger partial charge in [0.15, 0.2) is 0 Å². The van der Waals surface area contributed by atoms with Gasteiger partial charge in [0.1, 0.15) is 0 Å². The Labute approximate surface area is 155 Å². The summed E-state index contributed by atoms with van der Waals surface area (Å²) in [7, 11) is -1.83. The number of esters is 1. The zero-order valence-corrected chi connectivity index (χ0v) is 16.3. The summed E-state index contributed by atoms with van der Waals surface area (Å²) in [5.74, 6) is -0.433. The van der Waals surface area contributed by atoms with Gasteiger partial charge in [-0.2, -0.15) is 0 Å². The van der Waals surface area contributed by atoms with E-state index in [0.29, 0.717) is 43.8 Å². The van der Waals surface area contributed by atoms with E-state index < -0.39 is 10.0 Å². The number of rotatable bonds is 6. The number of nitrogens with zero attached hydrogens (tertiary/aromatic N) is 2. The van der Waals surface area contributed by atoms with Gasteiger partial charge < -0.3 is 9.64 Å². The summed E-state index contributed by atoms with van der Waals surface area (Å²) in [6, 6.07) is 6.53. The Kier molecular flexibility index (Phi) is 6.63. The number of sulfonamides is 1. The Morgan fingerprint density at radius 2 is 1.73 bits per heavy atom. The molecule has 0 radical (unpaired) electrons. The maximum atomic E-state index is 12.6. The van der Waals surface area contributed by atoms with E-state index in [1.807, 2.05) is 0 Å². The number of piperidine rings is 1. The zero-order valence-electron chi connectivity index (χ0n) is 15.5. The van der Waals surface area contributed by atoms with E-state index in [-0.39, 0.29) is 23.5 Å². The molecule has 1 amide bonds. The van der Waals surface area contributed by atoms with Crippen LogP contribution in [0.4, 0.5) is 5.69 Å². The third kappa shape index (κ3) is 4.55. The van der Waals surface area contributed by atoms with Crippen LogP contribution in [0.15, 0.2) is 24.3 Å². The van der Waals surface area contributed by atoms with Gasteiger partial charge in [-0.25, -0.2) is 8.42 Å². The largest absolute Gasteiger partial charge is 0.466 e. The molecule has 7 nitrogen and oxygen atoms in total. The van der Waals surface area contributed by atoms with Gasteiger partial charge in [-0.15, -0.1) is 0 Å². The van der Waals surface area contributed by atoms with Gasteiger partial charge in [-0.1, -0.05) is 0 Å². The van der Waals surface area contributed by atoms with Crippen LogP contribution in [0, 0.1) is 5.92 Å². The second-order valence-electron chi connectivity index (χ2n) is 6.23. The molecule has 0 aliphatic carbocycles. The molecule has 8 heteroatoms. The molecular weight excluding hydrogens is 356 g/mol. The van der Waals surface area contributed by atoms with E-state index in [1.165, 1.54) is 11.4 Å². The summed E-state index contributed by atoms with van der Waals surface area (Å²) in [6.45, 7) is 4.75. The lowest BCUT2D eigenvalue weighted by Gasteiger charge is -2.31. The van der Waals surface area contributed by atoms with Crippen molar-refractivity contribution >= 4 is 27.6 Å². The summed E-state index contributed by atoms with van der Waals surface area (Å²) in [4.78, 5) is 26.1. The molecule has 0 spiro atoms. The summed E-state index contributed by atoms with van der Waals surface area (Å²) < 4.78 is 30.1. The lowest BCUT2D eigenvalue weighted by Crippen LogP contribution is -2.40. The number of carbonyl (C=O) groups is 2. The van der Waals surface area contributed by atoms with E-state index in [0.717, 1.165) is 0 Å². The summed E-state index contributed by atoms with van der Waals surface area (Å²) in [5.41, 5.74) is 1.02. The van der Waals surface area contributed by atoms with Gasteiger partial charge in [-0.3, -0.25) is 13.9 Å². The Bertz CT molecular complexity index is 737. The average molecular weight is 382 g/mol. The topological polar surface area (TPSA) is 84.0 Å². The number of hydrogen-bond donors (Lipinski definition) is 0. The minimum atomic E-state index is -3.33. The number of benzene rings is 1. The van der Waals surface area contributed by atoms with Gasteiger partial charge in [0, 0.05) is 25.7 Å². The molecule has 0 unspecified atom stereocenters. The van der Waals surface area contributed by atoms with E-state index in [2.05, 4.69) is 0 Å². The van der Waals surface area contributed by atoms with Crippen molar-refractivity contribution in [2.24, 2.45) is 5.92 Å². The number of amides is 1. The van der Waals surface area contributed by atoms with E-state index in [1.54, 1.807) is 43.0 Å². The number of anilines is 1. The van der Waals surface area contributed by atoms with Crippen molar-refractivity contribution in [3.05, 3.63) is 29.8 Å². The summed E-state index contributed by atoms with van der Waals surface area (Å²) >= 11 is 0. The highest BCUT2D eigenvalue weighted by Crippen LogP contribution is 2.22. The first kappa shape index (κ1) is 20.2. The Hall–Kier alpha value is -2.09. The summed E-state index contributed by atoms with van der Waals surface area (Å²) in [5, 5.41) is 0. The zero-order chi connectivity index (χ0) is 19.3. The molecule has 1 aromatic carbocycles. The normalized spacial score (nSPS) is 15.6. The van der Waals surface area contributed by atoms with Crippen LogP contribution in [0.2, 0.25) is 0 Å². The van der Waals surface area contributed by atoms with Crippen LogP contribution in [0.25, 0.3) is 0 Å². The van der Waals surface area contributed by atoms with Crippen LogP contribution < -0.4 is 4.31 Å². The molecule has 144 valence electrons. The first-order chi connectivity index (χ1) is 12.3. The van der Waals surface area contributed by atoms with Gasteiger partial charge in [0.25, 0.3) is 5.91 Å². The molecule has 1 saturated heterocycles. The van der Waals surface area contributed by atoms with E-state index in [4.69, 9.17) is 4.74 Å². The molecular formula is C18H26N2O5S. The van der Waals surface area contributed by atoms with Gasteiger partial charge >= 0.3 is 5.97 Å². The quantitative estimate of drug-likeness (QED) is 0.702. The van der Waals surface area contributed by atoms with Gasteiger partial charge in [-0.05, 0) is 51.0 Å². The highest BCUT2D eigenvalue weighted by atomic mass is 32.2. The fourth-order valence-corrected chi connectivity index (χ4v) is 3.76. The third-order valence-corrected chi connectivity index (χ3v) is 6.44. The predicted molar refractivity (Wildman–Crippen MR) is 99.6 cm³/mol. The van der Waals surface area contributed by atoms with Crippen molar-refractivity contribution in [2.75, 3.05) is 36.8 Å². The van der Waals surface area contributed by atoms with Gasteiger partial charge in [0.05, 0.1) is 24.0 Å². The van der Waals surface area contributed by atoms with Crippen LogP contribution in [0.5, 0.6) is 0 Å². The Morgan fingerprint density at radius 3 is 2.23 bits per heavy atom. The minimum Gasteiger partial charge on any atom is -0.466 e. The molecule has 0 bridgehead atoms. The van der Waals surface area contributed by atoms with Crippen molar-refractivity contribution in [1.82, 2.24) is 4.90 Å². The minimum absolute atomic E-state index is 0.0135. The lowest BCUT2D eigenvalue weighted by molar-refractivity contribution is -0.149. The third-order valence-electron chi connectivity index (χ3n) is 4.66. The molecule has 0 saturated carbocycles. The fraction of sp³-hybridized carbons (Fsp3) is 0.556. The standard InChI is InChI=1S/C18H26N2O5S/c1-4-25-18(22)15-10-12-20(13-11-15)17(21)14-6-8-16(9-7-14)19(3)26(23,24)5-2/h6-9,15H,4-5,10-13H2,1-3H3. The van der Waals surface area contributed by atoms with E-state index >= 15 is 0 Å².